The molecule has 0 bridgehead atoms. The summed E-state index contributed by atoms with van der Waals surface area (Å²) in [5.74, 6) is -0.0104. The van der Waals surface area contributed by atoms with E-state index in [-0.39, 0.29) is 5.92 Å². The van der Waals surface area contributed by atoms with Crippen LogP contribution in [0.5, 0.6) is 0 Å². The first kappa shape index (κ1) is 11.3. The van der Waals surface area contributed by atoms with Gasteiger partial charge in [-0.2, -0.15) is 13.2 Å². The highest BCUT2D eigenvalue weighted by molar-refractivity contribution is 5.29. The van der Waals surface area contributed by atoms with Gasteiger partial charge >= 0.3 is 6.18 Å². The van der Waals surface area contributed by atoms with E-state index in [1.807, 2.05) is 0 Å². The Morgan fingerprint density at radius 2 is 1.94 bits per heavy atom. The van der Waals surface area contributed by atoms with E-state index in [0.29, 0.717) is 5.56 Å². The van der Waals surface area contributed by atoms with Crippen LogP contribution in [-0.4, -0.2) is 13.1 Å². The van der Waals surface area contributed by atoms with E-state index in [4.69, 9.17) is 0 Å². The summed E-state index contributed by atoms with van der Waals surface area (Å²) >= 11 is 0. The highest BCUT2D eigenvalue weighted by Gasteiger charge is 2.35. The molecule has 1 fully saturated rings. The molecule has 0 radical (unpaired) electrons. The lowest BCUT2D eigenvalue weighted by atomic mass is 9.87. The van der Waals surface area contributed by atoms with Crippen LogP contribution in [0.1, 0.15) is 29.9 Å². The molecule has 16 heavy (non-hydrogen) atoms. The van der Waals surface area contributed by atoms with Crippen LogP contribution in [0.4, 0.5) is 13.2 Å². The maximum Gasteiger partial charge on any atom is 0.424 e. The van der Waals surface area contributed by atoms with Crippen LogP contribution in [0.25, 0.3) is 0 Å². The summed E-state index contributed by atoms with van der Waals surface area (Å²) in [5, 5.41) is 3.14. The standard InChI is InChI=1S/C12H12F3N/c13-12(14,15)11-4-2-1-3-10(11)9-5-7-16-8-6-9/h1,3,9,16H,5-8H2. The van der Waals surface area contributed by atoms with Gasteiger partial charge in [-0.15, -0.1) is 0 Å². The largest absolute Gasteiger partial charge is 0.424 e. The molecule has 1 N–H and O–H groups in total. The zero-order valence-corrected chi connectivity index (χ0v) is 8.69. The molecule has 1 aliphatic heterocycles. The van der Waals surface area contributed by atoms with Gasteiger partial charge in [-0.3, -0.25) is 0 Å². The molecule has 86 valence electrons. The molecule has 2 rings (SSSR count). The molecule has 1 heterocycles. The van der Waals surface area contributed by atoms with Crippen molar-refractivity contribution < 1.29 is 13.2 Å². The molecule has 0 aliphatic carbocycles. The molecule has 1 saturated heterocycles. The quantitative estimate of drug-likeness (QED) is 0.777. The summed E-state index contributed by atoms with van der Waals surface area (Å²) in [6.07, 6.45) is -2.82. The van der Waals surface area contributed by atoms with Crippen LogP contribution in [0.15, 0.2) is 12.1 Å². The Morgan fingerprint density at radius 3 is 2.56 bits per heavy atom. The second-order valence-corrected chi connectivity index (χ2v) is 3.96. The number of piperidine rings is 1. The molecule has 1 aromatic rings. The predicted octanol–water partition coefficient (Wildman–Crippen LogP) is 2.77. The third-order valence-electron chi connectivity index (χ3n) is 2.89. The van der Waals surface area contributed by atoms with Gasteiger partial charge in [0.1, 0.15) is 5.56 Å². The van der Waals surface area contributed by atoms with Crippen LogP contribution in [0.2, 0.25) is 0 Å². The van der Waals surface area contributed by atoms with Gasteiger partial charge in [0.15, 0.2) is 0 Å². The van der Waals surface area contributed by atoms with Gasteiger partial charge in [0.05, 0.1) is 0 Å². The van der Waals surface area contributed by atoms with Gasteiger partial charge < -0.3 is 5.32 Å². The van der Waals surface area contributed by atoms with Crippen LogP contribution in [0, 0.1) is 12.1 Å². The first-order valence-corrected chi connectivity index (χ1v) is 5.29. The zero-order chi connectivity index (χ0) is 11.6. The van der Waals surface area contributed by atoms with Crippen LogP contribution in [0.3, 0.4) is 0 Å². The molecule has 0 aromatic heterocycles. The number of hydrogen-bond donors (Lipinski definition) is 1. The smallest absolute Gasteiger partial charge is 0.317 e. The van der Waals surface area contributed by atoms with Crippen molar-refractivity contribution in [1.82, 2.24) is 5.32 Å². The minimum atomic E-state index is -4.32. The lowest BCUT2D eigenvalue weighted by Gasteiger charge is -2.24. The molecule has 0 saturated carbocycles. The number of hydrogen-bond acceptors (Lipinski definition) is 1. The van der Waals surface area contributed by atoms with E-state index >= 15 is 0 Å². The van der Waals surface area contributed by atoms with E-state index in [0.717, 1.165) is 25.9 Å². The molecule has 4 heteroatoms. The highest BCUT2D eigenvalue weighted by atomic mass is 19.4. The van der Waals surface area contributed by atoms with Crippen molar-refractivity contribution in [1.29, 1.82) is 0 Å². The molecule has 1 aromatic carbocycles. The van der Waals surface area contributed by atoms with Crippen LogP contribution >= 0.6 is 0 Å². The normalized spacial score (nSPS) is 18.2. The summed E-state index contributed by atoms with van der Waals surface area (Å²) in [4.78, 5) is 0. The third kappa shape index (κ3) is 2.30. The van der Waals surface area contributed by atoms with Crippen molar-refractivity contribution in [3.05, 3.63) is 35.4 Å². The summed E-state index contributed by atoms with van der Waals surface area (Å²) in [6, 6.07) is 7.62. The average molecular weight is 227 g/mol. The second kappa shape index (κ2) is 4.34. The summed E-state index contributed by atoms with van der Waals surface area (Å²) in [5.41, 5.74) is -0.283. The summed E-state index contributed by atoms with van der Waals surface area (Å²) in [6.45, 7) is 1.56. The number of rotatable bonds is 1. The van der Waals surface area contributed by atoms with Crippen molar-refractivity contribution in [2.24, 2.45) is 0 Å². The van der Waals surface area contributed by atoms with E-state index in [1.165, 1.54) is 12.1 Å². The Labute approximate surface area is 92.7 Å². The van der Waals surface area contributed by atoms with Crippen molar-refractivity contribution in [2.45, 2.75) is 24.9 Å². The maximum absolute atomic E-state index is 12.7. The molecular formula is C12H12F3N. The van der Waals surface area contributed by atoms with Gasteiger partial charge in [0.25, 0.3) is 0 Å². The second-order valence-electron chi connectivity index (χ2n) is 3.96. The Bertz CT molecular complexity index is 354. The van der Waals surface area contributed by atoms with Gasteiger partial charge in [-0.05, 0) is 49.5 Å². The topological polar surface area (TPSA) is 12.0 Å². The monoisotopic (exact) mass is 227 g/mol. The van der Waals surface area contributed by atoms with E-state index < -0.39 is 11.7 Å². The summed E-state index contributed by atoms with van der Waals surface area (Å²) in [7, 11) is 0. The number of alkyl halides is 3. The molecule has 0 spiro atoms. The van der Waals surface area contributed by atoms with Gasteiger partial charge in [0, 0.05) is 0 Å². The molecule has 0 amide bonds. The van der Waals surface area contributed by atoms with E-state index in [2.05, 4.69) is 17.4 Å². The van der Waals surface area contributed by atoms with Gasteiger partial charge in [0.2, 0.25) is 0 Å². The zero-order valence-electron chi connectivity index (χ0n) is 8.69. The fourth-order valence-corrected chi connectivity index (χ4v) is 2.11. The molecule has 0 atom stereocenters. The third-order valence-corrected chi connectivity index (χ3v) is 2.89. The Balaban J connectivity index is 2.32. The Hall–Kier alpha value is -1.21. The SMILES string of the molecule is FC(F)(F)c1c#cccc1C1CCNCC1. The number of nitrogens with one attached hydrogen (secondary N) is 1. The van der Waals surface area contributed by atoms with Crippen molar-refractivity contribution in [3.63, 3.8) is 0 Å². The van der Waals surface area contributed by atoms with E-state index in [9.17, 15) is 13.2 Å². The van der Waals surface area contributed by atoms with Crippen molar-refractivity contribution >= 4 is 0 Å². The lowest BCUT2D eigenvalue weighted by molar-refractivity contribution is -0.138. The Morgan fingerprint density at radius 1 is 1.25 bits per heavy atom. The first-order valence-electron chi connectivity index (χ1n) is 5.29. The summed E-state index contributed by atoms with van der Waals surface area (Å²) < 4.78 is 38.2. The fourth-order valence-electron chi connectivity index (χ4n) is 2.11. The molecular weight excluding hydrogens is 215 g/mol. The lowest BCUT2D eigenvalue weighted by Crippen LogP contribution is -2.27. The van der Waals surface area contributed by atoms with Crippen LogP contribution in [-0.2, 0) is 6.18 Å². The van der Waals surface area contributed by atoms with E-state index in [1.54, 1.807) is 0 Å². The van der Waals surface area contributed by atoms with Crippen molar-refractivity contribution in [2.75, 3.05) is 13.1 Å². The van der Waals surface area contributed by atoms with Crippen LogP contribution < -0.4 is 5.32 Å². The van der Waals surface area contributed by atoms with Crippen molar-refractivity contribution in [3.8, 4) is 0 Å². The first-order chi connectivity index (χ1) is 7.59. The minimum absolute atomic E-state index is 0.0104. The predicted molar refractivity (Wildman–Crippen MR) is 54.0 cm³/mol. The molecule has 1 nitrogen and oxygen atoms in total. The fraction of sp³-hybridized carbons (Fsp3) is 0.500. The maximum atomic E-state index is 12.7. The number of halogens is 3. The Kier molecular flexibility index (Phi) is 3.06. The van der Waals surface area contributed by atoms with Gasteiger partial charge in [-0.25, -0.2) is 0 Å². The molecule has 0 unspecified atom stereocenters. The highest BCUT2D eigenvalue weighted by Crippen LogP contribution is 2.36. The molecule has 1 aliphatic rings. The van der Waals surface area contributed by atoms with Gasteiger partial charge in [-0.1, -0.05) is 12.1 Å². The average Bonchev–Trinajstić information content (AvgIpc) is 2.29. The minimum Gasteiger partial charge on any atom is -0.317 e.